The van der Waals surface area contributed by atoms with Crippen molar-refractivity contribution in [3.05, 3.63) is 93.9 Å². The van der Waals surface area contributed by atoms with Crippen LogP contribution in [0.1, 0.15) is 39.8 Å². The number of thiophene rings is 1. The van der Waals surface area contributed by atoms with Crippen molar-refractivity contribution in [3.8, 4) is 0 Å². The maximum atomic E-state index is 13.6. The zero-order valence-electron chi connectivity index (χ0n) is 14.7. The van der Waals surface area contributed by atoms with E-state index in [1.807, 2.05) is 12.1 Å². The third kappa shape index (κ3) is 4.06. The van der Waals surface area contributed by atoms with E-state index in [1.54, 1.807) is 61.5 Å². The van der Waals surface area contributed by atoms with Crippen LogP contribution < -0.4 is 5.73 Å². The Morgan fingerprint density at radius 1 is 0.963 bits per heavy atom. The van der Waals surface area contributed by atoms with Crippen LogP contribution in [0, 0.1) is 5.13 Å². The van der Waals surface area contributed by atoms with Crippen molar-refractivity contribution in [2.45, 2.75) is 19.0 Å². The van der Waals surface area contributed by atoms with Gasteiger partial charge in [0.2, 0.25) is 5.91 Å². The monoisotopic (exact) mass is 382 g/mol. The van der Waals surface area contributed by atoms with Crippen LogP contribution >= 0.6 is 11.3 Å². The van der Waals surface area contributed by atoms with Crippen LogP contribution in [0.5, 0.6) is 0 Å². The van der Waals surface area contributed by atoms with E-state index in [4.69, 9.17) is 5.73 Å². The first kappa shape index (κ1) is 18.8. The van der Waals surface area contributed by atoms with E-state index in [2.05, 4.69) is 0 Å². The van der Waals surface area contributed by atoms with Crippen molar-refractivity contribution in [1.29, 1.82) is 0 Å². The minimum Gasteiger partial charge on any atom is -0.368 e. The van der Waals surface area contributed by atoms with E-state index in [1.165, 1.54) is 11.0 Å². The molecule has 1 aromatic heterocycles. The predicted molar refractivity (Wildman–Crippen MR) is 104 cm³/mol. The molecule has 3 aromatic rings. The first-order valence-corrected chi connectivity index (χ1v) is 9.28. The molecule has 0 fully saturated rings. The van der Waals surface area contributed by atoms with Crippen molar-refractivity contribution in [3.63, 3.8) is 0 Å². The van der Waals surface area contributed by atoms with Crippen LogP contribution in [0.4, 0.5) is 4.39 Å². The Hall–Kier alpha value is -2.99. The van der Waals surface area contributed by atoms with Crippen molar-refractivity contribution >= 4 is 23.2 Å². The second-order valence-corrected chi connectivity index (χ2v) is 7.18. The molecule has 2 N–H and O–H groups in total. The Kier molecular flexibility index (Phi) is 5.66. The molecule has 1 heterocycles. The topological polar surface area (TPSA) is 63.4 Å². The maximum Gasteiger partial charge on any atom is 0.255 e. The highest BCUT2D eigenvalue weighted by atomic mass is 32.1. The molecule has 27 heavy (non-hydrogen) atoms. The minimum absolute atomic E-state index is 0.343. The van der Waals surface area contributed by atoms with Gasteiger partial charge in [-0.05, 0) is 36.8 Å². The molecule has 0 saturated carbocycles. The fraction of sp³-hybridized carbons (Fsp3) is 0.143. The summed E-state index contributed by atoms with van der Waals surface area (Å²) in [6, 6.07) is 19.0. The van der Waals surface area contributed by atoms with Gasteiger partial charge in [0.05, 0.1) is 6.04 Å². The molecule has 2 aromatic carbocycles. The lowest BCUT2D eigenvalue weighted by Gasteiger charge is -2.35. The average molecular weight is 382 g/mol. The van der Waals surface area contributed by atoms with Crippen LogP contribution in [0.15, 0.2) is 72.8 Å². The summed E-state index contributed by atoms with van der Waals surface area (Å²) in [5.74, 6) is -0.987. The Balaban J connectivity index is 2.10. The van der Waals surface area contributed by atoms with Gasteiger partial charge in [0.1, 0.15) is 6.04 Å². The molecule has 2 atom stereocenters. The second-order valence-electron chi connectivity index (χ2n) is 6.11. The van der Waals surface area contributed by atoms with Crippen LogP contribution in [-0.4, -0.2) is 16.7 Å². The zero-order valence-corrected chi connectivity index (χ0v) is 15.5. The number of primary amides is 1. The van der Waals surface area contributed by atoms with E-state index < -0.39 is 18.0 Å². The van der Waals surface area contributed by atoms with Crippen LogP contribution in [0.2, 0.25) is 0 Å². The Labute approximate surface area is 161 Å². The average Bonchev–Trinajstić information content (AvgIpc) is 3.12. The molecule has 0 radical (unpaired) electrons. The highest BCUT2D eigenvalue weighted by Gasteiger charge is 2.35. The molecule has 2 amide bonds. The molecular weight excluding hydrogens is 363 g/mol. The van der Waals surface area contributed by atoms with Gasteiger partial charge in [-0.2, -0.15) is 4.39 Å². The molecule has 0 aliphatic rings. The van der Waals surface area contributed by atoms with Gasteiger partial charge in [-0.25, -0.2) is 0 Å². The molecule has 138 valence electrons. The molecule has 0 unspecified atom stereocenters. The number of nitrogens with two attached hydrogens (primary N) is 1. The quantitative estimate of drug-likeness (QED) is 0.690. The summed E-state index contributed by atoms with van der Waals surface area (Å²) in [6.45, 7) is 1.77. The van der Waals surface area contributed by atoms with Gasteiger partial charge in [-0.3, -0.25) is 9.59 Å². The number of hydrogen-bond donors (Lipinski definition) is 1. The molecule has 4 nitrogen and oxygen atoms in total. The third-order valence-electron chi connectivity index (χ3n) is 4.34. The van der Waals surface area contributed by atoms with Crippen molar-refractivity contribution < 1.29 is 14.0 Å². The second kappa shape index (κ2) is 8.14. The van der Waals surface area contributed by atoms with E-state index in [9.17, 15) is 14.0 Å². The number of nitrogens with zero attached hydrogens (tertiary/aromatic N) is 1. The molecule has 6 heteroatoms. The number of hydrogen-bond acceptors (Lipinski definition) is 3. The Bertz CT molecular complexity index is 928. The van der Waals surface area contributed by atoms with Crippen LogP contribution in [0.25, 0.3) is 0 Å². The number of halogens is 1. The lowest BCUT2D eigenvalue weighted by Crippen LogP contribution is -2.43. The highest BCUT2D eigenvalue weighted by Crippen LogP contribution is 2.35. The molecular formula is C21H19FN2O2S. The Morgan fingerprint density at radius 3 is 2.07 bits per heavy atom. The molecule has 0 aliphatic heterocycles. The standard InChI is InChI=1S/C21H19FN2O2S/c1-14(17-12-13-18(22)27-17)24(21(26)16-10-6-3-7-11-16)19(20(23)25)15-8-4-2-5-9-15/h2-14,19H,1H3,(H2,23,25)/t14-,19+/m1/s1. The van der Waals surface area contributed by atoms with E-state index in [0.29, 0.717) is 16.0 Å². The first-order chi connectivity index (χ1) is 13.0. The smallest absolute Gasteiger partial charge is 0.255 e. The fourth-order valence-corrected chi connectivity index (χ4v) is 3.82. The summed E-state index contributed by atoms with van der Waals surface area (Å²) in [4.78, 5) is 27.8. The predicted octanol–water partition coefficient (Wildman–Crippen LogP) is 4.32. The maximum absolute atomic E-state index is 13.6. The van der Waals surface area contributed by atoms with Gasteiger partial charge in [0, 0.05) is 10.4 Å². The van der Waals surface area contributed by atoms with Gasteiger partial charge in [-0.15, -0.1) is 11.3 Å². The molecule has 0 saturated heterocycles. The summed E-state index contributed by atoms with van der Waals surface area (Å²) in [5, 5.41) is -0.348. The van der Waals surface area contributed by atoms with Crippen LogP contribution in [-0.2, 0) is 4.79 Å². The normalized spacial score (nSPS) is 13.0. The van der Waals surface area contributed by atoms with E-state index in [-0.39, 0.29) is 11.0 Å². The van der Waals surface area contributed by atoms with E-state index in [0.717, 1.165) is 11.3 Å². The SMILES string of the molecule is C[C@H](c1ccc(F)s1)N(C(=O)c1ccccc1)[C@H](C(N)=O)c1ccccc1. The van der Waals surface area contributed by atoms with Gasteiger partial charge in [0.15, 0.2) is 5.13 Å². The van der Waals surface area contributed by atoms with Crippen molar-refractivity contribution in [1.82, 2.24) is 4.90 Å². The summed E-state index contributed by atoms with van der Waals surface area (Å²) in [5.41, 5.74) is 6.75. The molecule has 0 aliphatic carbocycles. The van der Waals surface area contributed by atoms with Crippen LogP contribution in [0.3, 0.4) is 0 Å². The van der Waals surface area contributed by atoms with Crippen molar-refractivity contribution in [2.75, 3.05) is 0 Å². The third-order valence-corrected chi connectivity index (χ3v) is 5.39. The highest BCUT2D eigenvalue weighted by molar-refractivity contribution is 7.10. The molecule has 3 rings (SSSR count). The largest absolute Gasteiger partial charge is 0.368 e. The van der Waals surface area contributed by atoms with Gasteiger partial charge in [-0.1, -0.05) is 48.5 Å². The van der Waals surface area contributed by atoms with Gasteiger partial charge >= 0.3 is 0 Å². The number of carbonyl (C=O) groups excluding carboxylic acids is 2. The molecule has 0 spiro atoms. The number of amides is 2. The van der Waals surface area contributed by atoms with E-state index >= 15 is 0 Å². The zero-order chi connectivity index (χ0) is 19.4. The summed E-state index contributed by atoms with van der Waals surface area (Å²) >= 11 is 0.948. The number of carbonyl (C=O) groups is 2. The fourth-order valence-electron chi connectivity index (χ4n) is 3.03. The summed E-state index contributed by atoms with van der Waals surface area (Å²) < 4.78 is 13.6. The number of rotatable bonds is 6. The van der Waals surface area contributed by atoms with Crippen molar-refractivity contribution in [2.24, 2.45) is 5.73 Å². The van der Waals surface area contributed by atoms with Gasteiger partial charge in [0.25, 0.3) is 5.91 Å². The summed E-state index contributed by atoms with van der Waals surface area (Å²) in [7, 11) is 0. The lowest BCUT2D eigenvalue weighted by molar-refractivity contribution is -0.123. The number of benzene rings is 2. The molecule has 0 bridgehead atoms. The summed E-state index contributed by atoms with van der Waals surface area (Å²) in [6.07, 6.45) is 0. The minimum atomic E-state index is -0.973. The van der Waals surface area contributed by atoms with Gasteiger partial charge < -0.3 is 10.6 Å². The Morgan fingerprint density at radius 2 is 1.56 bits per heavy atom. The first-order valence-electron chi connectivity index (χ1n) is 8.46. The lowest BCUT2D eigenvalue weighted by atomic mass is 10.0.